The van der Waals surface area contributed by atoms with Gasteiger partial charge in [-0.05, 0) is 29.5 Å². The van der Waals surface area contributed by atoms with Crippen LogP contribution in [0.3, 0.4) is 0 Å². The molecule has 33 heavy (non-hydrogen) atoms. The van der Waals surface area contributed by atoms with Crippen molar-refractivity contribution in [2.75, 3.05) is 19.7 Å². The van der Waals surface area contributed by atoms with Crippen LogP contribution in [-0.4, -0.2) is 57.5 Å². The van der Waals surface area contributed by atoms with Crippen LogP contribution in [0, 0.1) is 10.1 Å². The summed E-state index contributed by atoms with van der Waals surface area (Å²) in [7, 11) is 0. The number of carbonyl (C=O) groups is 4. The highest BCUT2D eigenvalue weighted by atomic mass is 32.2. The van der Waals surface area contributed by atoms with E-state index in [1.165, 1.54) is 18.2 Å². The topological polar surface area (TPSA) is 149 Å². The number of amides is 3. The van der Waals surface area contributed by atoms with Crippen LogP contribution >= 0.6 is 11.8 Å². The number of aromatic nitrogens is 1. The van der Waals surface area contributed by atoms with E-state index in [-0.39, 0.29) is 35.7 Å². The minimum atomic E-state index is -0.800. The van der Waals surface area contributed by atoms with Gasteiger partial charge in [0.05, 0.1) is 16.2 Å². The van der Waals surface area contributed by atoms with E-state index in [4.69, 9.17) is 4.74 Å². The molecule has 1 aliphatic heterocycles. The maximum Gasteiger partial charge on any atom is 0.311 e. The van der Waals surface area contributed by atoms with Gasteiger partial charge in [0.2, 0.25) is 0 Å². The molecule has 0 bridgehead atoms. The highest BCUT2D eigenvalue weighted by molar-refractivity contribution is 8.18. The molecule has 11 nitrogen and oxygen atoms in total. The lowest BCUT2D eigenvalue weighted by Crippen LogP contribution is -2.38. The second-order valence-electron chi connectivity index (χ2n) is 6.69. The minimum absolute atomic E-state index is 0.0290. The third-order valence-electron chi connectivity index (χ3n) is 4.40. The van der Waals surface area contributed by atoms with Crippen molar-refractivity contribution in [2.24, 2.45) is 0 Å². The number of para-hydroxylation sites is 1. The molecule has 3 rings (SSSR count). The Morgan fingerprint density at radius 2 is 2.00 bits per heavy atom. The molecular formula is C21H18N4O7S. The average molecular weight is 470 g/mol. The number of thioether (sulfide) groups is 1. The van der Waals surface area contributed by atoms with Gasteiger partial charge in [-0.1, -0.05) is 24.3 Å². The van der Waals surface area contributed by atoms with Crippen molar-refractivity contribution in [3.63, 3.8) is 0 Å². The zero-order valence-electron chi connectivity index (χ0n) is 17.1. The number of nitrogens with zero attached hydrogens (tertiary/aromatic N) is 3. The molecule has 1 N–H and O–H groups in total. The molecule has 2 heterocycles. The summed E-state index contributed by atoms with van der Waals surface area (Å²) in [5, 5.41) is 13.0. The maximum atomic E-state index is 12.4. The Hall–Kier alpha value is -4.06. The Kier molecular flexibility index (Phi) is 7.86. The summed E-state index contributed by atoms with van der Waals surface area (Å²) in [5.41, 5.74) is 0.638. The number of nitrogens with one attached hydrogen (secondary N) is 1. The SMILES string of the molecule is O=C(COC(=O)Cc1ccccc1[N+](=O)[O-])NCCN1C(=O)S/C(=C\c2cccnc2)C1=O. The van der Waals surface area contributed by atoms with Crippen LogP contribution in [0.1, 0.15) is 11.1 Å². The molecule has 1 fully saturated rings. The van der Waals surface area contributed by atoms with E-state index < -0.39 is 34.6 Å². The number of ether oxygens (including phenoxy) is 1. The van der Waals surface area contributed by atoms with Crippen LogP contribution in [0.4, 0.5) is 10.5 Å². The third kappa shape index (κ3) is 6.46. The first-order chi connectivity index (χ1) is 15.8. The van der Waals surface area contributed by atoms with Gasteiger partial charge >= 0.3 is 5.97 Å². The highest BCUT2D eigenvalue weighted by Gasteiger charge is 2.34. The van der Waals surface area contributed by atoms with Crippen molar-refractivity contribution in [2.45, 2.75) is 6.42 Å². The number of pyridine rings is 1. The van der Waals surface area contributed by atoms with Gasteiger partial charge in [0.15, 0.2) is 6.61 Å². The molecule has 12 heteroatoms. The number of hydrogen-bond acceptors (Lipinski definition) is 9. The van der Waals surface area contributed by atoms with Gasteiger partial charge in [-0.3, -0.25) is 39.2 Å². The largest absolute Gasteiger partial charge is 0.455 e. The molecule has 0 radical (unpaired) electrons. The van der Waals surface area contributed by atoms with Crippen LogP contribution in [0.2, 0.25) is 0 Å². The van der Waals surface area contributed by atoms with Crippen LogP contribution in [0.25, 0.3) is 6.08 Å². The van der Waals surface area contributed by atoms with Crippen molar-refractivity contribution in [1.82, 2.24) is 15.2 Å². The predicted octanol–water partition coefficient (Wildman–Crippen LogP) is 1.93. The molecule has 1 aromatic heterocycles. The molecule has 1 aliphatic rings. The molecular weight excluding hydrogens is 452 g/mol. The zero-order chi connectivity index (χ0) is 23.8. The van der Waals surface area contributed by atoms with Crippen molar-refractivity contribution < 1.29 is 28.8 Å². The molecule has 0 atom stereocenters. The van der Waals surface area contributed by atoms with Crippen LogP contribution in [-0.2, 0) is 25.5 Å². The molecule has 0 aliphatic carbocycles. The van der Waals surface area contributed by atoms with E-state index in [1.807, 2.05) is 0 Å². The third-order valence-corrected chi connectivity index (χ3v) is 5.31. The number of benzene rings is 1. The second-order valence-corrected chi connectivity index (χ2v) is 7.69. The first-order valence-electron chi connectivity index (χ1n) is 9.65. The fraction of sp³-hybridized carbons (Fsp3) is 0.190. The van der Waals surface area contributed by atoms with E-state index >= 15 is 0 Å². The summed E-state index contributed by atoms with van der Waals surface area (Å²) in [5.74, 6) is -1.91. The van der Waals surface area contributed by atoms with Crippen LogP contribution in [0.5, 0.6) is 0 Å². The van der Waals surface area contributed by atoms with Gasteiger partial charge in [0.1, 0.15) is 0 Å². The first-order valence-corrected chi connectivity index (χ1v) is 10.5. The van der Waals surface area contributed by atoms with Gasteiger partial charge in [0, 0.05) is 37.1 Å². The molecule has 0 spiro atoms. The summed E-state index contributed by atoms with van der Waals surface area (Å²) < 4.78 is 4.85. The van der Waals surface area contributed by atoms with Gasteiger partial charge in [-0.25, -0.2) is 0 Å². The Morgan fingerprint density at radius 3 is 2.73 bits per heavy atom. The fourth-order valence-corrected chi connectivity index (χ4v) is 3.72. The van der Waals surface area contributed by atoms with E-state index in [2.05, 4.69) is 10.3 Å². The maximum absolute atomic E-state index is 12.4. The smallest absolute Gasteiger partial charge is 0.311 e. The zero-order valence-corrected chi connectivity index (χ0v) is 17.9. The van der Waals surface area contributed by atoms with Gasteiger partial charge in [-0.2, -0.15) is 0 Å². The lowest BCUT2D eigenvalue weighted by Gasteiger charge is -2.13. The first kappa shape index (κ1) is 23.6. The van der Waals surface area contributed by atoms with Crippen molar-refractivity contribution in [3.8, 4) is 0 Å². The van der Waals surface area contributed by atoms with E-state index in [9.17, 15) is 29.3 Å². The molecule has 170 valence electrons. The monoisotopic (exact) mass is 470 g/mol. The Bertz CT molecular complexity index is 1120. The summed E-state index contributed by atoms with van der Waals surface area (Å²) in [4.78, 5) is 63.9. The molecule has 2 aromatic rings. The summed E-state index contributed by atoms with van der Waals surface area (Å²) in [6.07, 6.45) is 4.36. The predicted molar refractivity (Wildman–Crippen MR) is 118 cm³/mol. The summed E-state index contributed by atoms with van der Waals surface area (Å²) >= 11 is 0.794. The van der Waals surface area contributed by atoms with Gasteiger partial charge in [-0.15, -0.1) is 0 Å². The lowest BCUT2D eigenvalue weighted by molar-refractivity contribution is -0.385. The molecule has 1 aromatic carbocycles. The number of imide groups is 1. The highest BCUT2D eigenvalue weighted by Crippen LogP contribution is 2.31. The number of esters is 1. The second kappa shape index (κ2) is 11.0. The summed E-state index contributed by atoms with van der Waals surface area (Å²) in [6.45, 7) is -0.675. The molecule has 0 saturated carbocycles. The Morgan fingerprint density at radius 1 is 1.21 bits per heavy atom. The minimum Gasteiger partial charge on any atom is -0.455 e. The number of nitro benzene ring substituents is 1. The molecule has 0 unspecified atom stereocenters. The van der Waals surface area contributed by atoms with Crippen molar-refractivity contribution >= 4 is 46.5 Å². The van der Waals surface area contributed by atoms with E-state index in [1.54, 1.807) is 36.7 Å². The number of nitro groups is 1. The number of rotatable bonds is 9. The quantitative estimate of drug-likeness (QED) is 0.251. The van der Waals surface area contributed by atoms with E-state index in [0.29, 0.717) is 5.56 Å². The summed E-state index contributed by atoms with van der Waals surface area (Å²) in [6, 6.07) is 9.19. The average Bonchev–Trinajstić information content (AvgIpc) is 3.06. The Labute approximate surface area is 192 Å². The van der Waals surface area contributed by atoms with Gasteiger partial charge < -0.3 is 10.1 Å². The molecule has 3 amide bonds. The molecule has 1 saturated heterocycles. The fourth-order valence-electron chi connectivity index (χ4n) is 2.85. The van der Waals surface area contributed by atoms with E-state index in [0.717, 1.165) is 16.7 Å². The van der Waals surface area contributed by atoms with Crippen LogP contribution in [0.15, 0.2) is 53.7 Å². The number of carbonyl (C=O) groups excluding carboxylic acids is 4. The van der Waals surface area contributed by atoms with Gasteiger partial charge in [0.25, 0.3) is 22.7 Å². The standard InChI is InChI=1S/C21H18N4O7S/c26-18(13-32-19(27)11-15-5-1-2-6-16(15)25(30)31)23-8-9-24-20(28)17(33-21(24)29)10-14-4-3-7-22-12-14/h1-7,10,12H,8-9,11,13H2,(H,23,26)/b17-10-. The Balaban J connectivity index is 1.43. The lowest BCUT2D eigenvalue weighted by atomic mass is 10.1. The van der Waals surface area contributed by atoms with Crippen molar-refractivity contribution in [1.29, 1.82) is 0 Å². The van der Waals surface area contributed by atoms with Crippen LogP contribution < -0.4 is 5.32 Å². The number of hydrogen-bond donors (Lipinski definition) is 1. The van der Waals surface area contributed by atoms with Crippen molar-refractivity contribution in [3.05, 3.63) is 74.9 Å². The normalized spacial score (nSPS) is 14.4.